The van der Waals surface area contributed by atoms with Crippen molar-refractivity contribution in [1.82, 2.24) is 4.98 Å². The number of anilines is 3. The normalized spacial score (nSPS) is 12.1. The van der Waals surface area contributed by atoms with E-state index in [1.54, 1.807) is 0 Å². The first kappa shape index (κ1) is 26.3. The monoisotopic (exact) mass is 632 g/mol. The van der Waals surface area contributed by atoms with Gasteiger partial charge in [-0.05, 0) is 84.9 Å². The van der Waals surface area contributed by atoms with Gasteiger partial charge in [-0.2, -0.15) is 0 Å². The summed E-state index contributed by atoms with van der Waals surface area (Å²) in [5.41, 5.74) is 10.2. The number of hydrogen-bond donors (Lipinski definition) is 0. The van der Waals surface area contributed by atoms with Gasteiger partial charge in [0.1, 0.15) is 39.0 Å². The number of para-hydroxylation sites is 2. The van der Waals surface area contributed by atoms with E-state index in [2.05, 4.69) is 59.5 Å². The van der Waals surface area contributed by atoms with Gasteiger partial charge in [0.15, 0.2) is 5.58 Å². The van der Waals surface area contributed by atoms with Crippen molar-refractivity contribution in [2.45, 2.75) is 0 Å². The van der Waals surface area contributed by atoms with Gasteiger partial charge in [-0.25, -0.2) is 4.98 Å². The Hall–Kier alpha value is -6.79. The molecule has 0 saturated carbocycles. The summed E-state index contributed by atoms with van der Waals surface area (Å²) in [6.07, 6.45) is 0. The van der Waals surface area contributed by atoms with E-state index < -0.39 is 0 Å². The SMILES string of the molecule is c1ccc(-c2nc3ccc4oc5ccc(N(c6ccc7c(c6)oc6ccccc67)c6ccc7oc8ccccc8c7c6)cc5c4c3o2)cc1. The maximum atomic E-state index is 6.45. The maximum Gasteiger partial charge on any atom is 0.227 e. The van der Waals surface area contributed by atoms with E-state index in [1.807, 2.05) is 91.0 Å². The number of oxazole rings is 1. The summed E-state index contributed by atoms with van der Waals surface area (Å²) >= 11 is 0. The highest BCUT2D eigenvalue weighted by atomic mass is 16.4. The second-order valence-corrected chi connectivity index (χ2v) is 12.3. The van der Waals surface area contributed by atoms with Crippen molar-refractivity contribution in [3.63, 3.8) is 0 Å². The lowest BCUT2D eigenvalue weighted by molar-refractivity contribution is 0.622. The lowest BCUT2D eigenvalue weighted by Crippen LogP contribution is -2.09. The molecule has 0 unspecified atom stereocenters. The van der Waals surface area contributed by atoms with Gasteiger partial charge in [-0.15, -0.1) is 0 Å². The van der Waals surface area contributed by atoms with Crippen molar-refractivity contribution < 1.29 is 17.7 Å². The molecule has 11 rings (SSSR count). The quantitative estimate of drug-likeness (QED) is 0.192. The molecule has 0 spiro atoms. The van der Waals surface area contributed by atoms with Crippen LogP contribution in [0.25, 0.3) is 88.4 Å². The van der Waals surface area contributed by atoms with Crippen LogP contribution in [0.1, 0.15) is 0 Å². The Balaban J connectivity index is 1.16. The van der Waals surface area contributed by atoms with E-state index in [9.17, 15) is 0 Å². The molecule has 0 saturated heterocycles. The first-order chi connectivity index (χ1) is 24.2. The number of fused-ring (bicyclic) bond motifs is 11. The maximum absolute atomic E-state index is 6.45. The molecule has 0 atom stereocenters. The molecule has 230 valence electrons. The van der Waals surface area contributed by atoms with E-state index in [0.29, 0.717) is 11.5 Å². The zero-order valence-electron chi connectivity index (χ0n) is 25.9. The fraction of sp³-hybridized carbons (Fsp3) is 0. The Bertz CT molecular complexity index is 3070. The van der Waals surface area contributed by atoms with E-state index in [0.717, 1.165) is 94.0 Å². The second kappa shape index (κ2) is 9.86. The summed E-state index contributed by atoms with van der Waals surface area (Å²) < 4.78 is 25.4. The van der Waals surface area contributed by atoms with Crippen molar-refractivity contribution in [2.75, 3.05) is 4.90 Å². The average molecular weight is 633 g/mol. The van der Waals surface area contributed by atoms with Crippen LogP contribution < -0.4 is 4.90 Å². The van der Waals surface area contributed by atoms with Crippen molar-refractivity contribution in [3.05, 3.63) is 146 Å². The highest BCUT2D eigenvalue weighted by Crippen LogP contribution is 2.44. The highest BCUT2D eigenvalue weighted by molar-refractivity contribution is 6.17. The van der Waals surface area contributed by atoms with Crippen molar-refractivity contribution in [1.29, 1.82) is 0 Å². The van der Waals surface area contributed by atoms with Crippen LogP contribution in [0.3, 0.4) is 0 Å². The van der Waals surface area contributed by atoms with Gasteiger partial charge in [-0.1, -0.05) is 54.6 Å². The standard InChI is InChI=1S/C43H24N2O4/c1-2-8-25(9-3-1)43-44-34-18-21-39-41(42(34)49-43)33-23-27(16-20-38(33)47-39)45(26-15-19-37-32(22-26)30-11-5-7-13-36(30)46-37)28-14-17-31-29-10-4-6-12-35(29)48-40(31)24-28/h1-24H. The van der Waals surface area contributed by atoms with E-state index in [1.165, 1.54) is 0 Å². The highest BCUT2D eigenvalue weighted by Gasteiger charge is 2.21. The lowest BCUT2D eigenvalue weighted by Gasteiger charge is -2.25. The summed E-state index contributed by atoms with van der Waals surface area (Å²) in [6, 6.07) is 49.3. The summed E-state index contributed by atoms with van der Waals surface area (Å²) in [7, 11) is 0. The number of hydrogen-bond acceptors (Lipinski definition) is 6. The third-order valence-corrected chi connectivity index (χ3v) is 9.49. The first-order valence-electron chi connectivity index (χ1n) is 16.2. The van der Waals surface area contributed by atoms with Crippen LogP contribution >= 0.6 is 0 Å². The number of rotatable bonds is 4. The molecule has 0 fully saturated rings. The smallest absolute Gasteiger partial charge is 0.227 e. The van der Waals surface area contributed by atoms with E-state index in [-0.39, 0.29) is 0 Å². The van der Waals surface area contributed by atoms with Crippen LogP contribution in [0.5, 0.6) is 0 Å². The van der Waals surface area contributed by atoms with Gasteiger partial charge < -0.3 is 22.6 Å². The van der Waals surface area contributed by atoms with Crippen molar-refractivity contribution >= 4 is 94.0 Å². The van der Waals surface area contributed by atoms with E-state index >= 15 is 0 Å². The largest absolute Gasteiger partial charge is 0.456 e. The van der Waals surface area contributed by atoms with Crippen LogP contribution in [0.2, 0.25) is 0 Å². The second-order valence-electron chi connectivity index (χ2n) is 12.3. The summed E-state index contributed by atoms with van der Waals surface area (Å²) in [4.78, 5) is 7.08. The average Bonchev–Trinajstić information content (AvgIpc) is 3.92. The van der Waals surface area contributed by atoms with Crippen molar-refractivity contribution in [3.8, 4) is 11.5 Å². The summed E-state index contributed by atoms with van der Waals surface area (Å²) in [5, 5.41) is 6.14. The fourth-order valence-corrected chi connectivity index (χ4v) is 7.23. The third kappa shape index (κ3) is 3.92. The van der Waals surface area contributed by atoms with Gasteiger partial charge in [0.05, 0.1) is 5.39 Å². The van der Waals surface area contributed by atoms with Crippen LogP contribution in [-0.4, -0.2) is 4.98 Å². The zero-order chi connectivity index (χ0) is 32.1. The molecule has 0 bridgehead atoms. The molecule has 0 amide bonds. The predicted octanol–water partition coefficient (Wildman–Crippen LogP) is 12.7. The van der Waals surface area contributed by atoms with Crippen LogP contribution in [0, 0.1) is 0 Å². The molecule has 6 nitrogen and oxygen atoms in total. The number of nitrogens with zero attached hydrogens (tertiary/aromatic N) is 2. The molecule has 49 heavy (non-hydrogen) atoms. The summed E-state index contributed by atoms with van der Waals surface area (Å²) in [6.45, 7) is 0. The third-order valence-electron chi connectivity index (χ3n) is 9.49. The fourth-order valence-electron chi connectivity index (χ4n) is 7.23. The Morgan fingerprint density at radius 2 is 0.939 bits per heavy atom. The van der Waals surface area contributed by atoms with Gasteiger partial charge in [0.25, 0.3) is 0 Å². The zero-order valence-corrected chi connectivity index (χ0v) is 25.9. The lowest BCUT2D eigenvalue weighted by atomic mass is 10.1. The molecule has 4 heterocycles. The molecule has 11 aromatic rings. The number of benzene rings is 7. The molecular weight excluding hydrogens is 608 g/mol. The molecule has 6 heteroatoms. The van der Waals surface area contributed by atoms with Gasteiger partial charge in [-0.3, -0.25) is 0 Å². The molecule has 0 N–H and O–H groups in total. The Kier molecular flexibility index (Phi) is 5.29. The minimum atomic E-state index is 0.579. The Labute approximate surface area is 278 Å². The van der Waals surface area contributed by atoms with Gasteiger partial charge >= 0.3 is 0 Å². The number of aromatic nitrogens is 1. The Morgan fingerprint density at radius 3 is 1.73 bits per heavy atom. The predicted molar refractivity (Wildman–Crippen MR) is 196 cm³/mol. The molecule has 4 aromatic heterocycles. The van der Waals surface area contributed by atoms with Crippen LogP contribution in [0.4, 0.5) is 17.1 Å². The molecule has 0 aliphatic heterocycles. The van der Waals surface area contributed by atoms with Gasteiger partial charge in [0.2, 0.25) is 5.89 Å². The minimum absolute atomic E-state index is 0.579. The molecule has 7 aromatic carbocycles. The summed E-state index contributed by atoms with van der Waals surface area (Å²) in [5.74, 6) is 0.579. The molecular formula is C43H24N2O4. The molecule has 0 aliphatic rings. The molecule has 0 aliphatic carbocycles. The minimum Gasteiger partial charge on any atom is -0.456 e. The van der Waals surface area contributed by atoms with Gasteiger partial charge in [0, 0.05) is 55.6 Å². The topological polar surface area (TPSA) is 68.7 Å². The van der Waals surface area contributed by atoms with Crippen LogP contribution in [0.15, 0.2) is 163 Å². The Morgan fingerprint density at radius 1 is 0.388 bits per heavy atom. The van der Waals surface area contributed by atoms with Crippen molar-refractivity contribution in [2.24, 2.45) is 0 Å². The molecule has 0 radical (unpaired) electrons. The van der Waals surface area contributed by atoms with E-state index in [4.69, 9.17) is 22.7 Å². The first-order valence-corrected chi connectivity index (χ1v) is 16.2. The van der Waals surface area contributed by atoms with Crippen LogP contribution in [-0.2, 0) is 0 Å². The number of furan rings is 3.